The van der Waals surface area contributed by atoms with Crippen LogP contribution in [0, 0.1) is 0 Å². The molecular formula is C16H17NO6S. The molecule has 2 aromatic rings. The van der Waals surface area contributed by atoms with Crippen LogP contribution in [0.5, 0.6) is 11.5 Å². The summed E-state index contributed by atoms with van der Waals surface area (Å²) in [6, 6.07) is 9.72. The van der Waals surface area contributed by atoms with Gasteiger partial charge in [-0.2, -0.15) is 0 Å². The lowest BCUT2D eigenvalue weighted by Gasteiger charge is -2.13. The summed E-state index contributed by atoms with van der Waals surface area (Å²) in [4.78, 5) is 10.8. The van der Waals surface area contributed by atoms with Crippen molar-refractivity contribution >= 4 is 21.7 Å². The van der Waals surface area contributed by atoms with Gasteiger partial charge in [0.15, 0.2) is 11.5 Å². The van der Waals surface area contributed by atoms with Crippen LogP contribution >= 0.6 is 0 Å². The second-order valence-electron chi connectivity index (χ2n) is 4.74. The van der Waals surface area contributed by atoms with E-state index in [2.05, 4.69) is 4.72 Å². The molecule has 24 heavy (non-hydrogen) atoms. The van der Waals surface area contributed by atoms with Crippen molar-refractivity contribution in [1.82, 2.24) is 0 Å². The van der Waals surface area contributed by atoms with Gasteiger partial charge < -0.3 is 14.6 Å². The first-order valence-corrected chi connectivity index (χ1v) is 8.52. The Bertz CT molecular complexity index is 847. The van der Waals surface area contributed by atoms with E-state index in [1.165, 1.54) is 37.4 Å². The first-order valence-electron chi connectivity index (χ1n) is 7.04. The molecule has 2 rings (SSSR count). The first-order chi connectivity index (χ1) is 11.4. The summed E-state index contributed by atoms with van der Waals surface area (Å²) in [5.74, 6) is -0.318. The maximum Gasteiger partial charge on any atom is 0.335 e. The highest BCUT2D eigenvalue weighted by molar-refractivity contribution is 7.92. The Balaban J connectivity index is 2.32. The second kappa shape index (κ2) is 7.22. The Morgan fingerprint density at radius 2 is 1.92 bits per heavy atom. The van der Waals surface area contributed by atoms with Crippen LogP contribution in [-0.2, 0) is 10.0 Å². The molecule has 0 unspecified atom stereocenters. The van der Waals surface area contributed by atoms with Crippen molar-refractivity contribution in [3.63, 3.8) is 0 Å². The summed E-state index contributed by atoms with van der Waals surface area (Å²) in [5, 5.41) is 8.97. The molecule has 0 saturated carbocycles. The van der Waals surface area contributed by atoms with Crippen LogP contribution in [0.4, 0.5) is 5.69 Å². The molecule has 2 aromatic carbocycles. The number of carboxylic acids is 1. The minimum absolute atomic E-state index is 0.109. The van der Waals surface area contributed by atoms with Crippen molar-refractivity contribution in [3.8, 4) is 11.5 Å². The van der Waals surface area contributed by atoms with Gasteiger partial charge in [0.25, 0.3) is 10.0 Å². The predicted molar refractivity (Wildman–Crippen MR) is 88.4 cm³/mol. The van der Waals surface area contributed by atoms with E-state index in [1.807, 2.05) is 6.92 Å². The molecule has 128 valence electrons. The van der Waals surface area contributed by atoms with Crippen molar-refractivity contribution in [2.75, 3.05) is 18.4 Å². The standard InChI is InChI=1S/C16H17NO6S/c1-3-23-14-8-7-12(10-15(14)22-2)17-24(20,21)13-6-4-5-11(9-13)16(18)19/h4-10,17H,3H2,1-2H3,(H,18,19). The van der Waals surface area contributed by atoms with Gasteiger partial charge in [0.05, 0.1) is 29.9 Å². The summed E-state index contributed by atoms with van der Waals surface area (Å²) in [5.41, 5.74) is 0.165. The summed E-state index contributed by atoms with van der Waals surface area (Å²) in [6.07, 6.45) is 0. The smallest absolute Gasteiger partial charge is 0.335 e. The number of methoxy groups -OCH3 is 1. The van der Waals surface area contributed by atoms with E-state index >= 15 is 0 Å². The van der Waals surface area contributed by atoms with Crippen molar-refractivity contribution in [1.29, 1.82) is 0 Å². The Labute approximate surface area is 139 Å². The number of hydrogen-bond donors (Lipinski definition) is 2. The molecule has 0 radical (unpaired) electrons. The van der Waals surface area contributed by atoms with Gasteiger partial charge in [0.2, 0.25) is 0 Å². The lowest BCUT2D eigenvalue weighted by molar-refractivity contribution is 0.0696. The number of benzene rings is 2. The lowest BCUT2D eigenvalue weighted by Crippen LogP contribution is -2.14. The Morgan fingerprint density at radius 3 is 2.54 bits per heavy atom. The van der Waals surface area contributed by atoms with Gasteiger partial charge in [-0.05, 0) is 37.3 Å². The van der Waals surface area contributed by atoms with Gasteiger partial charge in [-0.15, -0.1) is 0 Å². The van der Waals surface area contributed by atoms with E-state index in [1.54, 1.807) is 6.07 Å². The zero-order valence-electron chi connectivity index (χ0n) is 13.1. The third-order valence-corrected chi connectivity index (χ3v) is 4.49. The zero-order valence-corrected chi connectivity index (χ0v) is 14.0. The van der Waals surface area contributed by atoms with Crippen LogP contribution < -0.4 is 14.2 Å². The minimum atomic E-state index is -3.93. The SMILES string of the molecule is CCOc1ccc(NS(=O)(=O)c2cccc(C(=O)O)c2)cc1OC. The molecule has 0 aliphatic heterocycles. The fraction of sp³-hybridized carbons (Fsp3) is 0.188. The van der Waals surface area contributed by atoms with E-state index in [0.29, 0.717) is 18.1 Å². The fourth-order valence-corrected chi connectivity index (χ4v) is 3.11. The summed E-state index contributed by atoms with van der Waals surface area (Å²) in [7, 11) is -2.48. The van der Waals surface area contributed by atoms with Gasteiger partial charge in [0.1, 0.15) is 0 Å². The molecular weight excluding hydrogens is 334 g/mol. The van der Waals surface area contributed by atoms with Crippen LogP contribution in [0.1, 0.15) is 17.3 Å². The number of sulfonamides is 1. The van der Waals surface area contributed by atoms with Gasteiger partial charge in [-0.25, -0.2) is 13.2 Å². The molecule has 7 nitrogen and oxygen atoms in total. The topological polar surface area (TPSA) is 102 Å². The molecule has 2 N–H and O–H groups in total. The van der Waals surface area contributed by atoms with Crippen molar-refractivity contribution in [3.05, 3.63) is 48.0 Å². The van der Waals surface area contributed by atoms with Gasteiger partial charge in [0, 0.05) is 6.07 Å². The molecule has 0 heterocycles. The molecule has 0 aliphatic carbocycles. The average molecular weight is 351 g/mol. The highest BCUT2D eigenvalue weighted by atomic mass is 32.2. The summed E-state index contributed by atoms with van der Waals surface area (Å²) in [6.45, 7) is 2.27. The normalized spacial score (nSPS) is 10.9. The number of hydrogen-bond acceptors (Lipinski definition) is 5. The maximum absolute atomic E-state index is 12.4. The first kappa shape index (κ1) is 17.6. The van der Waals surface area contributed by atoms with E-state index in [-0.39, 0.29) is 16.1 Å². The van der Waals surface area contributed by atoms with E-state index in [9.17, 15) is 13.2 Å². The number of rotatable bonds is 7. The third-order valence-electron chi connectivity index (χ3n) is 3.11. The van der Waals surface area contributed by atoms with E-state index < -0.39 is 16.0 Å². The van der Waals surface area contributed by atoms with Crippen molar-refractivity contribution in [2.45, 2.75) is 11.8 Å². The highest BCUT2D eigenvalue weighted by Crippen LogP contribution is 2.31. The molecule has 0 saturated heterocycles. The molecule has 0 amide bonds. The number of ether oxygens (including phenoxy) is 2. The molecule has 8 heteroatoms. The van der Waals surface area contributed by atoms with Gasteiger partial charge in [-0.1, -0.05) is 6.07 Å². The molecule has 0 fully saturated rings. The van der Waals surface area contributed by atoms with Crippen molar-refractivity contribution < 1.29 is 27.8 Å². The quantitative estimate of drug-likeness (QED) is 0.795. The third kappa shape index (κ3) is 3.96. The summed E-state index contributed by atoms with van der Waals surface area (Å²) < 4.78 is 37.8. The largest absolute Gasteiger partial charge is 0.493 e. The van der Waals surface area contributed by atoms with Gasteiger partial charge in [-0.3, -0.25) is 4.72 Å². The van der Waals surface area contributed by atoms with Crippen LogP contribution in [0.2, 0.25) is 0 Å². The second-order valence-corrected chi connectivity index (χ2v) is 6.42. The number of nitrogens with one attached hydrogen (secondary N) is 1. The molecule has 0 atom stereocenters. The molecule has 0 aliphatic rings. The summed E-state index contributed by atoms with van der Waals surface area (Å²) >= 11 is 0. The number of aromatic carboxylic acids is 1. The maximum atomic E-state index is 12.4. The van der Waals surface area contributed by atoms with E-state index in [4.69, 9.17) is 14.6 Å². The minimum Gasteiger partial charge on any atom is -0.493 e. The Morgan fingerprint density at radius 1 is 1.17 bits per heavy atom. The Hall–Kier alpha value is -2.74. The zero-order chi connectivity index (χ0) is 17.7. The van der Waals surface area contributed by atoms with Crippen LogP contribution in [-0.4, -0.2) is 33.2 Å². The molecule has 0 bridgehead atoms. The predicted octanol–water partition coefficient (Wildman–Crippen LogP) is 2.59. The Kier molecular flexibility index (Phi) is 5.30. The molecule has 0 spiro atoms. The van der Waals surface area contributed by atoms with Crippen LogP contribution in [0.25, 0.3) is 0 Å². The number of carboxylic acid groups (broad SMARTS) is 1. The van der Waals surface area contributed by atoms with Crippen LogP contribution in [0.15, 0.2) is 47.4 Å². The number of carbonyl (C=O) groups is 1. The number of anilines is 1. The van der Waals surface area contributed by atoms with Gasteiger partial charge >= 0.3 is 5.97 Å². The molecule has 0 aromatic heterocycles. The van der Waals surface area contributed by atoms with Crippen LogP contribution in [0.3, 0.4) is 0 Å². The van der Waals surface area contributed by atoms with Crippen molar-refractivity contribution in [2.24, 2.45) is 0 Å². The van der Waals surface area contributed by atoms with E-state index in [0.717, 1.165) is 6.07 Å². The monoisotopic (exact) mass is 351 g/mol. The average Bonchev–Trinajstić information content (AvgIpc) is 2.56. The fourth-order valence-electron chi connectivity index (χ4n) is 2.02. The lowest BCUT2D eigenvalue weighted by atomic mass is 10.2. The highest BCUT2D eigenvalue weighted by Gasteiger charge is 2.17.